The molecule has 0 aliphatic carbocycles. The second-order valence-corrected chi connectivity index (χ2v) is 7.12. The molecule has 2 aromatic carbocycles. The van der Waals surface area contributed by atoms with Gasteiger partial charge in [-0.1, -0.05) is 17.7 Å². The molecule has 0 fully saturated rings. The van der Waals surface area contributed by atoms with Crippen molar-refractivity contribution in [1.29, 1.82) is 0 Å². The predicted molar refractivity (Wildman–Crippen MR) is 107 cm³/mol. The third kappa shape index (κ3) is 4.85. The molecule has 0 saturated carbocycles. The zero-order valence-corrected chi connectivity index (χ0v) is 16.4. The van der Waals surface area contributed by atoms with Crippen molar-refractivity contribution in [2.24, 2.45) is 0 Å². The van der Waals surface area contributed by atoms with Crippen LogP contribution in [0.1, 0.15) is 21.6 Å². The first-order valence-corrected chi connectivity index (χ1v) is 9.54. The van der Waals surface area contributed by atoms with Crippen LogP contribution in [0.25, 0.3) is 0 Å². The summed E-state index contributed by atoms with van der Waals surface area (Å²) in [6, 6.07) is 11.0. The Labute approximate surface area is 170 Å². The molecular formula is C19H16ClN3O4S. The van der Waals surface area contributed by atoms with Gasteiger partial charge in [-0.05, 0) is 29.8 Å². The lowest BCUT2D eigenvalue weighted by atomic mass is 10.1. The van der Waals surface area contributed by atoms with Crippen molar-refractivity contribution < 1.29 is 14.5 Å². The van der Waals surface area contributed by atoms with Crippen molar-refractivity contribution in [2.75, 3.05) is 7.05 Å². The fourth-order valence-corrected chi connectivity index (χ4v) is 3.25. The number of hydrogen-bond acceptors (Lipinski definition) is 6. The monoisotopic (exact) mass is 417 g/mol. The van der Waals surface area contributed by atoms with Crippen LogP contribution in [-0.2, 0) is 13.2 Å². The number of benzene rings is 2. The van der Waals surface area contributed by atoms with Crippen LogP contribution in [-0.4, -0.2) is 27.8 Å². The molecule has 3 aromatic rings. The standard InChI is InChI=1S/C19H16ClN3O4S/c1-22(9-14-7-16(23(25)26)5-6-18(14)20)19(24)13-3-2-4-17(8-13)27-10-15-11-28-12-21-15/h2-8,11-12H,9-10H2,1H3. The first-order chi connectivity index (χ1) is 13.4. The van der Waals surface area contributed by atoms with Crippen LogP contribution in [0.15, 0.2) is 53.4 Å². The minimum absolute atomic E-state index is 0.0716. The van der Waals surface area contributed by atoms with Crippen molar-refractivity contribution >= 4 is 34.5 Å². The summed E-state index contributed by atoms with van der Waals surface area (Å²) in [5, 5.41) is 13.2. The zero-order chi connectivity index (χ0) is 20.1. The maximum atomic E-state index is 12.7. The first kappa shape index (κ1) is 19.8. The number of hydrogen-bond donors (Lipinski definition) is 0. The smallest absolute Gasteiger partial charge is 0.269 e. The number of aromatic nitrogens is 1. The molecule has 9 heteroatoms. The van der Waals surface area contributed by atoms with Crippen molar-refractivity contribution in [3.05, 3.63) is 85.3 Å². The number of nitro benzene ring substituents is 1. The van der Waals surface area contributed by atoms with E-state index in [1.54, 1.807) is 36.8 Å². The lowest BCUT2D eigenvalue weighted by Gasteiger charge is -2.18. The van der Waals surface area contributed by atoms with Gasteiger partial charge in [-0.15, -0.1) is 11.3 Å². The third-order valence-corrected chi connectivity index (χ3v) is 4.95. The molecular weight excluding hydrogens is 402 g/mol. The molecule has 0 aliphatic heterocycles. The van der Waals surface area contributed by atoms with E-state index in [4.69, 9.17) is 16.3 Å². The van der Waals surface area contributed by atoms with Crippen LogP contribution in [0.2, 0.25) is 5.02 Å². The molecule has 7 nitrogen and oxygen atoms in total. The number of carbonyl (C=O) groups is 1. The van der Waals surface area contributed by atoms with Gasteiger partial charge in [0.1, 0.15) is 12.4 Å². The van der Waals surface area contributed by atoms with E-state index in [0.717, 1.165) is 5.69 Å². The molecule has 0 N–H and O–H groups in total. The molecule has 0 bridgehead atoms. The van der Waals surface area contributed by atoms with E-state index in [1.165, 1.54) is 34.4 Å². The highest BCUT2D eigenvalue weighted by molar-refractivity contribution is 7.07. The van der Waals surface area contributed by atoms with Gasteiger partial charge in [-0.2, -0.15) is 0 Å². The van der Waals surface area contributed by atoms with Crippen molar-refractivity contribution in [2.45, 2.75) is 13.2 Å². The molecule has 1 heterocycles. The lowest BCUT2D eigenvalue weighted by molar-refractivity contribution is -0.384. The van der Waals surface area contributed by atoms with Crippen LogP contribution in [0.4, 0.5) is 5.69 Å². The maximum Gasteiger partial charge on any atom is 0.269 e. The van der Waals surface area contributed by atoms with Crippen LogP contribution < -0.4 is 4.74 Å². The molecule has 144 valence electrons. The zero-order valence-electron chi connectivity index (χ0n) is 14.9. The second-order valence-electron chi connectivity index (χ2n) is 5.99. The van der Waals surface area contributed by atoms with Gasteiger partial charge in [0, 0.05) is 41.7 Å². The molecule has 1 amide bonds. The molecule has 0 atom stereocenters. The molecule has 0 spiro atoms. The van der Waals surface area contributed by atoms with Crippen LogP contribution in [0.5, 0.6) is 5.75 Å². The van der Waals surface area contributed by atoms with Gasteiger partial charge < -0.3 is 9.64 Å². The number of non-ortho nitro benzene ring substituents is 1. The van der Waals surface area contributed by atoms with Gasteiger partial charge in [0.2, 0.25) is 0 Å². The number of ether oxygens (including phenoxy) is 1. The maximum absolute atomic E-state index is 12.7. The minimum atomic E-state index is -0.495. The average Bonchev–Trinajstić information content (AvgIpc) is 3.21. The Morgan fingerprint density at radius 3 is 2.86 bits per heavy atom. The summed E-state index contributed by atoms with van der Waals surface area (Å²) in [4.78, 5) is 28.8. The van der Waals surface area contributed by atoms with E-state index in [9.17, 15) is 14.9 Å². The molecule has 1 aromatic heterocycles. The summed E-state index contributed by atoms with van der Waals surface area (Å²) in [6.07, 6.45) is 0. The van der Waals surface area contributed by atoms with E-state index in [0.29, 0.717) is 28.5 Å². The molecule has 28 heavy (non-hydrogen) atoms. The van der Waals surface area contributed by atoms with Crippen LogP contribution in [0.3, 0.4) is 0 Å². The Hall–Kier alpha value is -2.97. The van der Waals surface area contributed by atoms with E-state index >= 15 is 0 Å². The number of amides is 1. The van der Waals surface area contributed by atoms with Gasteiger partial charge in [0.15, 0.2) is 0 Å². The SMILES string of the molecule is CN(Cc1cc([N+](=O)[O-])ccc1Cl)C(=O)c1cccc(OCc2cscn2)c1. The lowest BCUT2D eigenvalue weighted by Crippen LogP contribution is -2.26. The van der Waals surface area contributed by atoms with Crippen molar-refractivity contribution in [3.63, 3.8) is 0 Å². The highest BCUT2D eigenvalue weighted by Gasteiger charge is 2.16. The van der Waals surface area contributed by atoms with Crippen molar-refractivity contribution in [1.82, 2.24) is 9.88 Å². The van der Waals surface area contributed by atoms with Gasteiger partial charge in [-0.3, -0.25) is 14.9 Å². The predicted octanol–water partition coefficient (Wildman–Crippen LogP) is 4.56. The van der Waals surface area contributed by atoms with Gasteiger partial charge in [-0.25, -0.2) is 4.98 Å². The summed E-state index contributed by atoms with van der Waals surface area (Å²) in [6.45, 7) is 0.462. The van der Waals surface area contributed by atoms with E-state index in [2.05, 4.69) is 4.98 Å². The number of carbonyl (C=O) groups excluding carboxylic acids is 1. The summed E-state index contributed by atoms with van der Waals surface area (Å²) in [5.74, 6) is 0.308. The minimum Gasteiger partial charge on any atom is -0.487 e. The Morgan fingerprint density at radius 1 is 1.32 bits per heavy atom. The number of nitro groups is 1. The Morgan fingerprint density at radius 2 is 2.14 bits per heavy atom. The number of nitrogens with zero attached hydrogens (tertiary/aromatic N) is 3. The van der Waals surface area contributed by atoms with Crippen LogP contribution >= 0.6 is 22.9 Å². The number of halogens is 1. The average molecular weight is 418 g/mol. The number of rotatable bonds is 7. The van der Waals surface area contributed by atoms with E-state index < -0.39 is 4.92 Å². The summed E-state index contributed by atoms with van der Waals surface area (Å²) < 4.78 is 5.68. The van der Waals surface area contributed by atoms with Crippen molar-refractivity contribution in [3.8, 4) is 5.75 Å². The summed E-state index contributed by atoms with van der Waals surface area (Å²) in [5.41, 5.74) is 3.42. The first-order valence-electron chi connectivity index (χ1n) is 8.22. The molecule has 3 rings (SSSR count). The topological polar surface area (TPSA) is 85.6 Å². The molecule has 0 saturated heterocycles. The highest BCUT2D eigenvalue weighted by Crippen LogP contribution is 2.24. The Kier molecular flexibility index (Phi) is 6.23. The Balaban J connectivity index is 1.70. The molecule has 0 radical (unpaired) electrons. The second kappa shape index (κ2) is 8.81. The van der Waals surface area contributed by atoms with Crippen LogP contribution in [0, 0.1) is 10.1 Å². The summed E-state index contributed by atoms with van der Waals surface area (Å²) in [7, 11) is 1.61. The highest BCUT2D eigenvalue weighted by atomic mass is 35.5. The summed E-state index contributed by atoms with van der Waals surface area (Å²) >= 11 is 7.61. The Bertz CT molecular complexity index is 995. The fourth-order valence-electron chi connectivity index (χ4n) is 2.53. The normalized spacial score (nSPS) is 10.5. The van der Waals surface area contributed by atoms with E-state index in [-0.39, 0.29) is 18.1 Å². The van der Waals surface area contributed by atoms with Gasteiger partial charge in [0.05, 0.1) is 16.1 Å². The molecule has 0 aliphatic rings. The number of thiazole rings is 1. The van der Waals surface area contributed by atoms with E-state index in [1.807, 2.05) is 5.38 Å². The van der Waals surface area contributed by atoms with Gasteiger partial charge >= 0.3 is 0 Å². The van der Waals surface area contributed by atoms with Gasteiger partial charge in [0.25, 0.3) is 11.6 Å². The fraction of sp³-hybridized carbons (Fsp3) is 0.158. The third-order valence-electron chi connectivity index (χ3n) is 3.95. The molecule has 0 unspecified atom stereocenters. The quantitative estimate of drug-likeness (QED) is 0.415. The largest absolute Gasteiger partial charge is 0.487 e.